The molecular weight excluding hydrogens is 735 g/mol. The third kappa shape index (κ3) is 6.60. The van der Waals surface area contributed by atoms with E-state index in [2.05, 4.69) is 186 Å². The molecule has 2 aliphatic rings. The fraction of sp³-hybridized carbons (Fsp3) is 0. The molecule has 0 aliphatic carbocycles. The van der Waals surface area contributed by atoms with Crippen LogP contribution in [-0.4, -0.2) is 48.4 Å². The third-order valence-corrected chi connectivity index (χ3v) is 8.87. The van der Waals surface area contributed by atoms with Gasteiger partial charge in [-0.15, -0.1) is 0 Å². The van der Waals surface area contributed by atoms with E-state index in [1.165, 1.54) is 0 Å². The molecule has 0 spiro atoms. The first-order valence-electron chi connectivity index (χ1n) is 16.6. The molecule has 5 heterocycles. The summed E-state index contributed by atoms with van der Waals surface area (Å²) in [4.78, 5) is 13.9. The van der Waals surface area contributed by atoms with Gasteiger partial charge in [0, 0.05) is 33.4 Å². The van der Waals surface area contributed by atoms with Crippen LogP contribution in [0.5, 0.6) is 0 Å². The Hall–Kier alpha value is -5.80. The predicted octanol–water partition coefficient (Wildman–Crippen LogP) is 9.62. The number of aromatic nitrogens is 4. The second kappa shape index (κ2) is 14.6. The van der Waals surface area contributed by atoms with Crippen molar-refractivity contribution in [2.45, 2.75) is 0 Å². The van der Waals surface area contributed by atoms with Gasteiger partial charge in [-0.25, -0.2) is 9.97 Å². The summed E-state index contributed by atoms with van der Waals surface area (Å²) < 4.78 is 17.0. The molecule has 8 bridgehead atoms. The molecule has 7 aromatic rings. The van der Waals surface area contributed by atoms with Gasteiger partial charge in [0.15, 0.2) is 0 Å². The summed E-state index contributed by atoms with van der Waals surface area (Å²) in [6.07, 6.45) is 8.44. The van der Waals surface area contributed by atoms with Gasteiger partial charge in [-0.1, -0.05) is 109 Å². The first-order valence-corrected chi connectivity index (χ1v) is 19.2. The molecular formula is C44H32N4O2Sn. The van der Waals surface area contributed by atoms with E-state index in [4.69, 9.17) is 16.9 Å². The van der Waals surface area contributed by atoms with Crippen LogP contribution in [0, 0.1) is 0 Å². The van der Waals surface area contributed by atoms with Crippen LogP contribution in [0.1, 0.15) is 22.8 Å². The van der Waals surface area contributed by atoms with Crippen molar-refractivity contribution in [3.05, 3.63) is 174 Å². The maximum atomic E-state index is 7.30. The van der Waals surface area contributed by atoms with Gasteiger partial charge in [0.05, 0.1) is 33.8 Å². The molecule has 0 saturated heterocycles. The van der Waals surface area contributed by atoms with Crippen molar-refractivity contribution < 1.29 is 6.89 Å². The maximum absolute atomic E-state index is 7.30. The van der Waals surface area contributed by atoms with E-state index in [0.29, 0.717) is 0 Å². The molecule has 0 fully saturated rings. The van der Waals surface area contributed by atoms with E-state index in [0.717, 1.165) is 83.9 Å². The van der Waals surface area contributed by atoms with Crippen molar-refractivity contribution in [1.82, 2.24) is 19.5 Å². The molecule has 244 valence electrons. The average Bonchev–Trinajstić information content (AvgIpc) is 3.98. The van der Waals surface area contributed by atoms with Gasteiger partial charge in [-0.05, 0) is 83.5 Å². The Bertz CT molecular complexity index is 2560. The first kappa shape index (κ1) is 32.4. The first-order chi connectivity index (χ1) is 25.2. The Labute approximate surface area is 306 Å². The number of H-pyrrole nitrogens is 1. The Kier molecular flexibility index (Phi) is 9.27. The van der Waals surface area contributed by atoms with Crippen molar-refractivity contribution >= 4 is 68.3 Å². The van der Waals surface area contributed by atoms with Gasteiger partial charge in [0.25, 0.3) is 0 Å². The monoisotopic (exact) mass is 768 g/mol. The van der Waals surface area contributed by atoms with E-state index >= 15 is 0 Å². The summed E-state index contributed by atoms with van der Waals surface area (Å²) in [6.45, 7) is 0. The second-order valence-corrected chi connectivity index (χ2v) is 12.7. The van der Waals surface area contributed by atoms with Crippen LogP contribution in [0.15, 0.2) is 152 Å². The van der Waals surface area contributed by atoms with Gasteiger partial charge >= 0.3 is 28.9 Å². The number of hydrogen-bond donors (Lipinski definition) is 3. The number of rotatable bonds is 4. The topological polar surface area (TPSA) is 87.0 Å². The van der Waals surface area contributed by atoms with Crippen LogP contribution in [0.3, 0.4) is 0 Å². The number of nitrogens with one attached hydrogen (secondary N) is 1. The number of benzene rings is 4. The van der Waals surface area contributed by atoms with Crippen molar-refractivity contribution in [2.24, 2.45) is 0 Å². The molecule has 6 nitrogen and oxygen atoms in total. The Balaban J connectivity index is 0.00000121. The predicted molar refractivity (Wildman–Crippen MR) is 210 cm³/mol. The van der Waals surface area contributed by atoms with E-state index in [9.17, 15) is 0 Å². The van der Waals surface area contributed by atoms with Gasteiger partial charge < -0.3 is 9.55 Å². The summed E-state index contributed by atoms with van der Waals surface area (Å²) >= 11 is -1.77. The molecule has 0 atom stereocenters. The van der Waals surface area contributed by atoms with Gasteiger partial charge in [-0.3, -0.25) is 0 Å². The van der Waals surface area contributed by atoms with Crippen molar-refractivity contribution in [3.63, 3.8) is 0 Å². The fourth-order valence-corrected chi connectivity index (χ4v) is 6.81. The molecule has 0 amide bonds. The molecule has 9 rings (SSSR count). The number of nitrogens with zero attached hydrogens (tertiary/aromatic N) is 3. The second-order valence-electron chi connectivity index (χ2n) is 12.1. The van der Waals surface area contributed by atoms with Crippen LogP contribution in [0.2, 0.25) is 0 Å². The summed E-state index contributed by atoms with van der Waals surface area (Å²) in [5, 5.41) is 0. The van der Waals surface area contributed by atoms with Crippen molar-refractivity contribution in [1.29, 1.82) is 0 Å². The quantitative estimate of drug-likeness (QED) is 0.156. The van der Waals surface area contributed by atoms with Crippen LogP contribution in [0.4, 0.5) is 0 Å². The number of para-hydroxylation sites is 1. The standard InChI is InChI=1S/C44H30N4.2H2O.Sn/c1-5-13-30(14-6-1)41-39-26-25-36(47-39)28-35-22-21-33(45-35)27-34-23-24-37(46-34)29-40-42(31-15-7-2-8-16-31)43(32-17-9-3-10-18-32)44(41)48(40)38-19-11-4-12-20-38;;;/h1-29,45H;2*1H2;/q;;;+2/p-2. The van der Waals surface area contributed by atoms with Crippen molar-refractivity contribution in [3.8, 4) is 39.1 Å². The molecule has 2 radical (unpaired) electrons. The minimum absolute atomic E-state index is 0.889. The van der Waals surface area contributed by atoms with Gasteiger partial charge in [-0.2, -0.15) is 0 Å². The summed E-state index contributed by atoms with van der Waals surface area (Å²) in [6, 6.07) is 53.3. The summed E-state index contributed by atoms with van der Waals surface area (Å²) in [5.41, 5.74) is 15.4. The Morgan fingerprint density at radius 1 is 0.471 bits per heavy atom. The Morgan fingerprint density at radius 2 is 0.922 bits per heavy atom. The van der Waals surface area contributed by atoms with E-state index in [1.807, 2.05) is 0 Å². The number of hydrogen-bond acceptors (Lipinski definition) is 4. The normalized spacial score (nSPS) is 11.6. The van der Waals surface area contributed by atoms with E-state index in [1.54, 1.807) is 0 Å². The zero-order valence-electron chi connectivity index (χ0n) is 27.5. The SMILES string of the molecule is C1=Cc2cc3c(-c4ccccc4)c(-c4ccccc4)c(c(-c4ccccc4)c4nc(cc5ccc(cc1n2)[nH]5)C=C4)n3-c1ccccc1.[OH][Sn][OH]. The van der Waals surface area contributed by atoms with Gasteiger partial charge in [0.2, 0.25) is 0 Å². The van der Waals surface area contributed by atoms with Crippen LogP contribution < -0.4 is 0 Å². The zero-order chi connectivity index (χ0) is 34.6. The number of aromatic amines is 1. The molecule has 7 heteroatoms. The van der Waals surface area contributed by atoms with E-state index < -0.39 is 22.0 Å². The van der Waals surface area contributed by atoms with Crippen molar-refractivity contribution in [2.75, 3.05) is 0 Å². The molecule has 4 aromatic carbocycles. The van der Waals surface area contributed by atoms with Crippen LogP contribution >= 0.6 is 0 Å². The number of fused-ring (bicyclic) bond motifs is 8. The van der Waals surface area contributed by atoms with E-state index in [-0.39, 0.29) is 0 Å². The summed E-state index contributed by atoms with van der Waals surface area (Å²) in [5.74, 6) is 0. The van der Waals surface area contributed by atoms with Gasteiger partial charge in [0.1, 0.15) is 0 Å². The fourth-order valence-electron chi connectivity index (χ4n) is 6.81. The molecule has 51 heavy (non-hydrogen) atoms. The minimum atomic E-state index is -1.77. The molecule has 0 unspecified atom stereocenters. The van der Waals surface area contributed by atoms with Crippen LogP contribution in [0.25, 0.3) is 85.4 Å². The molecule has 3 aromatic heterocycles. The molecule has 3 N–H and O–H groups in total. The summed E-state index contributed by atoms with van der Waals surface area (Å²) in [7, 11) is 0. The third-order valence-electron chi connectivity index (χ3n) is 8.87. The zero-order valence-corrected chi connectivity index (χ0v) is 30.3. The van der Waals surface area contributed by atoms with Crippen LogP contribution in [-0.2, 0) is 0 Å². The average molecular weight is 767 g/mol. The molecule has 2 aliphatic heterocycles. The molecule has 0 saturated carbocycles. The Morgan fingerprint density at radius 3 is 1.49 bits per heavy atom.